The lowest BCUT2D eigenvalue weighted by Gasteiger charge is -2.34. The Morgan fingerprint density at radius 1 is 1.16 bits per heavy atom. The first-order valence-corrected chi connectivity index (χ1v) is 9.83. The zero-order valence-electron chi connectivity index (χ0n) is 17.7. The van der Waals surface area contributed by atoms with Gasteiger partial charge >= 0.3 is 12.0 Å². The van der Waals surface area contributed by atoms with E-state index in [1.54, 1.807) is 44.6 Å². The fraction of sp³-hybridized carbons (Fsp3) is 0.350. The standard InChI is InChI=1S/C20H25N8O3/c1-27(2)17(29)13-4-6-14(7-5-13)31-20-25-16(15-12-22-18(21)23-15)24-19(26-20)28(3)8-10-30-11-9-28/h4-7,12H,8-11H2,1-3H3,(H3,21,22,23)/q+1. The highest BCUT2D eigenvalue weighted by molar-refractivity contribution is 5.93. The molecule has 1 saturated heterocycles. The van der Waals surface area contributed by atoms with Crippen LogP contribution in [0.15, 0.2) is 30.5 Å². The molecule has 1 aliphatic heterocycles. The van der Waals surface area contributed by atoms with Crippen molar-refractivity contribution in [2.45, 2.75) is 0 Å². The molecule has 0 atom stereocenters. The van der Waals surface area contributed by atoms with Crippen molar-refractivity contribution < 1.29 is 14.3 Å². The molecule has 162 valence electrons. The molecule has 3 heterocycles. The second-order valence-corrected chi connectivity index (χ2v) is 7.71. The maximum absolute atomic E-state index is 12.1. The Bertz CT molecular complexity index is 1070. The van der Waals surface area contributed by atoms with Crippen molar-refractivity contribution in [1.29, 1.82) is 0 Å². The van der Waals surface area contributed by atoms with Crippen molar-refractivity contribution in [3.63, 3.8) is 0 Å². The van der Waals surface area contributed by atoms with Crippen molar-refractivity contribution in [1.82, 2.24) is 34.3 Å². The van der Waals surface area contributed by atoms with Gasteiger partial charge in [-0.25, -0.2) is 4.98 Å². The fourth-order valence-corrected chi connectivity index (χ4v) is 3.18. The summed E-state index contributed by atoms with van der Waals surface area (Å²) >= 11 is 0. The number of anilines is 1. The quantitative estimate of drug-likeness (QED) is 0.585. The lowest BCUT2D eigenvalue weighted by Crippen LogP contribution is -2.54. The van der Waals surface area contributed by atoms with Gasteiger partial charge in [0.25, 0.3) is 5.91 Å². The van der Waals surface area contributed by atoms with E-state index in [0.717, 1.165) is 13.1 Å². The number of carbonyl (C=O) groups is 1. The van der Waals surface area contributed by atoms with Crippen LogP contribution in [-0.4, -0.2) is 83.2 Å². The van der Waals surface area contributed by atoms with Crippen LogP contribution in [0.25, 0.3) is 11.5 Å². The van der Waals surface area contributed by atoms with Gasteiger partial charge < -0.3 is 25.1 Å². The van der Waals surface area contributed by atoms with Crippen LogP contribution in [0.5, 0.6) is 11.8 Å². The van der Waals surface area contributed by atoms with E-state index >= 15 is 0 Å². The number of likely N-dealkylation sites (N-methyl/N-ethyl adjacent to an activating group) is 1. The first-order valence-electron chi connectivity index (χ1n) is 9.83. The zero-order chi connectivity index (χ0) is 22.0. The minimum Gasteiger partial charge on any atom is -0.424 e. The van der Waals surface area contributed by atoms with Crippen LogP contribution in [0.2, 0.25) is 0 Å². The summed E-state index contributed by atoms with van der Waals surface area (Å²) in [6.45, 7) is 2.70. The van der Waals surface area contributed by atoms with Crippen LogP contribution in [0.1, 0.15) is 10.4 Å². The number of nitrogens with zero attached hydrogens (tertiary/aromatic N) is 6. The Balaban J connectivity index is 1.68. The predicted octanol–water partition coefficient (Wildman–Crippen LogP) is 1.31. The number of nitrogen functional groups attached to an aromatic ring is 1. The summed E-state index contributed by atoms with van der Waals surface area (Å²) in [5.41, 5.74) is 6.85. The molecule has 31 heavy (non-hydrogen) atoms. The Hall–Kier alpha value is -3.57. The molecular weight excluding hydrogens is 400 g/mol. The summed E-state index contributed by atoms with van der Waals surface area (Å²) in [7, 11) is 5.46. The van der Waals surface area contributed by atoms with Gasteiger partial charge in [0.05, 0.1) is 26.5 Å². The maximum atomic E-state index is 12.1. The van der Waals surface area contributed by atoms with Crippen LogP contribution < -0.4 is 15.0 Å². The smallest absolute Gasteiger partial charge is 0.335 e. The van der Waals surface area contributed by atoms with E-state index in [1.807, 2.05) is 7.05 Å². The normalized spacial score (nSPS) is 15.5. The van der Waals surface area contributed by atoms with E-state index in [9.17, 15) is 4.79 Å². The molecule has 3 aromatic rings. The summed E-state index contributed by atoms with van der Waals surface area (Å²) < 4.78 is 11.9. The van der Waals surface area contributed by atoms with E-state index in [4.69, 9.17) is 15.2 Å². The third-order valence-electron chi connectivity index (χ3n) is 5.10. The molecule has 0 radical (unpaired) electrons. The van der Waals surface area contributed by atoms with Gasteiger partial charge in [0, 0.05) is 19.7 Å². The molecule has 2 aromatic heterocycles. The number of H-pyrrole nitrogens is 1. The summed E-state index contributed by atoms with van der Waals surface area (Å²) in [5, 5.41) is 0. The Morgan fingerprint density at radius 3 is 2.48 bits per heavy atom. The number of quaternary nitrogens is 1. The minimum atomic E-state index is -0.0853. The number of hydrogen-bond donors (Lipinski definition) is 2. The van der Waals surface area contributed by atoms with Gasteiger partial charge in [-0.2, -0.15) is 9.97 Å². The van der Waals surface area contributed by atoms with E-state index in [-0.39, 0.29) is 17.9 Å². The number of morpholine rings is 1. The molecule has 3 N–H and O–H groups in total. The van der Waals surface area contributed by atoms with Crippen LogP contribution in [0.4, 0.5) is 11.9 Å². The van der Waals surface area contributed by atoms with Crippen LogP contribution in [0, 0.1) is 0 Å². The summed E-state index contributed by atoms with van der Waals surface area (Å²) in [4.78, 5) is 34.2. The summed E-state index contributed by atoms with van der Waals surface area (Å²) in [5.74, 6) is 1.64. The highest BCUT2D eigenvalue weighted by Gasteiger charge is 2.33. The van der Waals surface area contributed by atoms with Crippen LogP contribution in [0.3, 0.4) is 0 Å². The zero-order valence-corrected chi connectivity index (χ0v) is 17.7. The highest BCUT2D eigenvalue weighted by Crippen LogP contribution is 2.27. The number of nitrogens with one attached hydrogen (secondary N) is 1. The number of hydrogen-bond acceptors (Lipinski definition) is 8. The van der Waals surface area contributed by atoms with Gasteiger partial charge in [-0.05, 0) is 24.3 Å². The monoisotopic (exact) mass is 425 g/mol. The lowest BCUT2D eigenvalue weighted by molar-refractivity contribution is 0.0493. The molecule has 4 rings (SSSR count). The Morgan fingerprint density at radius 2 is 1.87 bits per heavy atom. The molecule has 0 unspecified atom stereocenters. The van der Waals surface area contributed by atoms with E-state index in [0.29, 0.717) is 46.5 Å². The molecule has 0 bridgehead atoms. The number of amides is 1. The topological polar surface area (TPSA) is 132 Å². The number of carbonyl (C=O) groups excluding carboxylic acids is 1. The van der Waals surface area contributed by atoms with E-state index in [2.05, 4.69) is 24.9 Å². The minimum absolute atomic E-state index is 0.0853. The lowest BCUT2D eigenvalue weighted by atomic mass is 10.2. The van der Waals surface area contributed by atoms with Crippen molar-refractivity contribution in [3.8, 4) is 23.3 Å². The highest BCUT2D eigenvalue weighted by atomic mass is 16.5. The van der Waals surface area contributed by atoms with Crippen molar-refractivity contribution in [3.05, 3.63) is 36.0 Å². The van der Waals surface area contributed by atoms with Gasteiger partial charge in [-0.15, -0.1) is 4.98 Å². The molecule has 11 heteroatoms. The molecular formula is C20H25N8O3+. The number of ether oxygens (including phenoxy) is 2. The van der Waals surface area contributed by atoms with Gasteiger partial charge in [0.15, 0.2) is 11.8 Å². The number of benzene rings is 1. The molecule has 1 amide bonds. The molecule has 0 aliphatic carbocycles. The largest absolute Gasteiger partial charge is 0.424 e. The second-order valence-electron chi connectivity index (χ2n) is 7.71. The van der Waals surface area contributed by atoms with Crippen molar-refractivity contribution in [2.75, 3.05) is 53.2 Å². The molecule has 0 spiro atoms. The van der Waals surface area contributed by atoms with Crippen molar-refractivity contribution >= 4 is 17.8 Å². The average Bonchev–Trinajstić information content (AvgIpc) is 3.20. The average molecular weight is 425 g/mol. The van der Waals surface area contributed by atoms with E-state index < -0.39 is 0 Å². The van der Waals surface area contributed by atoms with Gasteiger partial charge in [0.2, 0.25) is 0 Å². The maximum Gasteiger partial charge on any atom is 0.335 e. The SMILES string of the molecule is CN(C)C(=O)c1ccc(Oc2nc(-c3cnc(N)[nH]3)nc([N+]3(C)CCOCC3)n2)cc1. The number of nitrogens with two attached hydrogens (primary N) is 1. The third kappa shape index (κ3) is 4.47. The van der Waals surface area contributed by atoms with E-state index in [1.165, 1.54) is 4.90 Å². The van der Waals surface area contributed by atoms with Crippen LogP contribution in [-0.2, 0) is 4.74 Å². The summed E-state index contributed by atoms with van der Waals surface area (Å²) in [6.07, 6.45) is 1.57. The van der Waals surface area contributed by atoms with Gasteiger partial charge in [-0.1, -0.05) is 0 Å². The Labute approximate surface area is 179 Å². The molecule has 0 saturated carbocycles. The van der Waals surface area contributed by atoms with Crippen molar-refractivity contribution in [2.24, 2.45) is 0 Å². The number of rotatable bonds is 5. The molecule has 11 nitrogen and oxygen atoms in total. The second kappa shape index (κ2) is 8.28. The molecule has 1 aromatic carbocycles. The van der Waals surface area contributed by atoms with Gasteiger partial charge in [0.1, 0.15) is 24.5 Å². The first kappa shape index (κ1) is 20.7. The number of aromatic nitrogens is 5. The first-order chi connectivity index (χ1) is 14.8. The van der Waals surface area contributed by atoms with Crippen LogP contribution >= 0.6 is 0 Å². The number of imidazole rings is 1. The third-order valence-corrected chi connectivity index (χ3v) is 5.10. The summed E-state index contributed by atoms with van der Waals surface area (Å²) in [6, 6.07) is 6.96. The Kier molecular flexibility index (Phi) is 5.53. The molecule has 1 aliphatic rings. The van der Waals surface area contributed by atoms with Gasteiger partial charge in [-0.3, -0.25) is 9.28 Å². The number of aromatic amines is 1. The fourth-order valence-electron chi connectivity index (χ4n) is 3.18. The molecule has 1 fully saturated rings. The predicted molar refractivity (Wildman–Crippen MR) is 115 cm³/mol.